The number of nitrogen functional groups attached to an aromatic ring is 1. The van der Waals surface area contributed by atoms with Crippen LogP contribution in [-0.2, 0) is 31.8 Å². The summed E-state index contributed by atoms with van der Waals surface area (Å²) in [6, 6.07) is -0.488. The lowest BCUT2D eigenvalue weighted by Gasteiger charge is -2.34. The molecular weight excluding hydrogens is 716 g/mol. The van der Waals surface area contributed by atoms with Crippen LogP contribution in [0.15, 0.2) is 0 Å². The van der Waals surface area contributed by atoms with Crippen molar-refractivity contribution in [3.8, 4) is 0 Å². The molecule has 0 saturated carbocycles. The number of anilines is 1. The number of carbonyl (C=O) groups excluding carboxylic acids is 4. The number of nitrogens with two attached hydrogens (primary N) is 1. The Morgan fingerprint density at radius 3 is 1.49 bits per heavy atom. The van der Waals surface area contributed by atoms with Crippen molar-refractivity contribution >= 4 is 63.5 Å². The van der Waals surface area contributed by atoms with Crippen molar-refractivity contribution in [2.75, 3.05) is 25.4 Å². The zero-order valence-corrected chi connectivity index (χ0v) is 34.4. The number of hydrogen-bond acceptors (Lipinski definition) is 12. The molecule has 0 aliphatic carbocycles. The van der Waals surface area contributed by atoms with Gasteiger partial charge in [-0.3, -0.25) is 19.5 Å². The highest BCUT2D eigenvalue weighted by Crippen LogP contribution is 2.36. The molecule has 3 unspecified atom stereocenters. The summed E-state index contributed by atoms with van der Waals surface area (Å²) in [5.41, 5.74) is 6.08. The lowest BCUT2D eigenvalue weighted by Crippen LogP contribution is -2.49. The Bertz CT molecular complexity index is 1470. The highest BCUT2D eigenvalue weighted by molar-refractivity contribution is 7.16. The van der Waals surface area contributed by atoms with E-state index < -0.39 is 16.8 Å². The van der Waals surface area contributed by atoms with Crippen LogP contribution in [-0.4, -0.2) is 91.2 Å². The number of Topliss-reactive ketones (excluding diaryl/α,β-unsaturated/α-hetero) is 1. The third-order valence-corrected chi connectivity index (χ3v) is 10.2. The van der Waals surface area contributed by atoms with Gasteiger partial charge < -0.3 is 19.9 Å². The number of ketones is 1. The first-order chi connectivity index (χ1) is 23.4. The Hall–Kier alpha value is -3.17. The number of aromatic nitrogens is 2. The van der Waals surface area contributed by atoms with Crippen LogP contribution in [0.1, 0.15) is 129 Å². The summed E-state index contributed by atoms with van der Waals surface area (Å²) in [7, 11) is 0. The van der Waals surface area contributed by atoms with E-state index >= 15 is 0 Å². The van der Waals surface area contributed by atoms with Gasteiger partial charge in [0.05, 0.1) is 29.5 Å². The van der Waals surface area contributed by atoms with E-state index in [9.17, 15) is 19.2 Å². The SMILES string of the molecule is CC1C(=O)CCCN1C(=O)OC(C)(C)C.CC1c2nc(Cl)sc2CCN1C(=O)OC(C)(C)C.CC1c2nc(N)sc2CCN1C(=O)OC(C)(C)C. The summed E-state index contributed by atoms with van der Waals surface area (Å²) in [6.45, 7) is 24.3. The molecule has 0 aromatic carbocycles. The van der Waals surface area contributed by atoms with Gasteiger partial charge in [0, 0.05) is 48.7 Å². The third-order valence-electron chi connectivity index (χ3n) is 7.97. The molecule has 286 valence electrons. The minimum atomic E-state index is -0.503. The van der Waals surface area contributed by atoms with Crippen molar-refractivity contribution in [1.82, 2.24) is 24.7 Å². The molecule has 13 nitrogen and oxygen atoms in total. The second kappa shape index (κ2) is 16.7. The molecule has 51 heavy (non-hydrogen) atoms. The van der Waals surface area contributed by atoms with Gasteiger partial charge in [-0.25, -0.2) is 24.4 Å². The molecule has 0 radical (unpaired) electrons. The van der Waals surface area contributed by atoms with Crippen LogP contribution >= 0.6 is 34.3 Å². The highest BCUT2D eigenvalue weighted by atomic mass is 35.5. The van der Waals surface area contributed by atoms with Crippen molar-refractivity contribution in [3.05, 3.63) is 25.6 Å². The first-order valence-electron chi connectivity index (χ1n) is 17.3. The topological polar surface area (TPSA) is 157 Å². The molecule has 0 spiro atoms. The second-order valence-electron chi connectivity index (χ2n) is 15.8. The summed E-state index contributed by atoms with van der Waals surface area (Å²) >= 11 is 8.93. The molecule has 3 aliphatic rings. The Morgan fingerprint density at radius 2 is 1.06 bits per heavy atom. The first kappa shape index (κ1) is 42.2. The summed E-state index contributed by atoms with van der Waals surface area (Å²) in [4.78, 5) is 63.2. The second-order valence-corrected chi connectivity index (χ2v) is 18.5. The average molecular weight is 771 g/mol. The summed E-state index contributed by atoms with van der Waals surface area (Å²) in [5, 5.41) is 0.567. The van der Waals surface area contributed by atoms with E-state index in [2.05, 4.69) is 9.97 Å². The average Bonchev–Trinajstić information content (AvgIpc) is 3.55. The molecule has 2 N–H and O–H groups in total. The molecule has 16 heteroatoms. The Morgan fingerprint density at radius 1 is 0.667 bits per heavy atom. The highest BCUT2D eigenvalue weighted by Gasteiger charge is 2.35. The van der Waals surface area contributed by atoms with Gasteiger partial charge in [0.15, 0.2) is 15.4 Å². The Kier molecular flexibility index (Phi) is 13.8. The monoisotopic (exact) mass is 770 g/mol. The van der Waals surface area contributed by atoms with Crippen molar-refractivity contribution in [2.45, 2.75) is 144 Å². The molecule has 1 fully saturated rings. The fraction of sp³-hybridized carbons (Fsp3) is 0.714. The van der Waals surface area contributed by atoms with E-state index in [1.807, 2.05) is 76.2 Å². The minimum absolute atomic E-state index is 0.0721. The summed E-state index contributed by atoms with van der Waals surface area (Å²) in [6.07, 6.45) is 1.94. The number of likely N-dealkylation sites (tertiary alicyclic amines) is 1. The van der Waals surface area contributed by atoms with E-state index in [1.165, 1.54) is 37.3 Å². The van der Waals surface area contributed by atoms with Crippen LogP contribution in [0.3, 0.4) is 0 Å². The largest absolute Gasteiger partial charge is 0.444 e. The summed E-state index contributed by atoms with van der Waals surface area (Å²) < 4.78 is 16.6. The van der Waals surface area contributed by atoms with Crippen LogP contribution in [0.2, 0.25) is 4.47 Å². The van der Waals surface area contributed by atoms with Crippen molar-refractivity contribution in [1.29, 1.82) is 0 Å². The van der Waals surface area contributed by atoms with Gasteiger partial charge in [0.25, 0.3) is 0 Å². The predicted molar refractivity (Wildman–Crippen MR) is 200 cm³/mol. The van der Waals surface area contributed by atoms with Gasteiger partial charge in [-0.2, -0.15) is 0 Å². The molecule has 1 saturated heterocycles. The summed E-state index contributed by atoms with van der Waals surface area (Å²) in [5.74, 6) is 0.118. The van der Waals surface area contributed by atoms with Crippen LogP contribution in [0.4, 0.5) is 19.5 Å². The lowest BCUT2D eigenvalue weighted by molar-refractivity contribution is -0.126. The van der Waals surface area contributed by atoms with E-state index in [-0.39, 0.29) is 42.2 Å². The normalized spacial score (nSPS) is 20.5. The molecule has 2 aromatic rings. The van der Waals surface area contributed by atoms with Crippen LogP contribution in [0.25, 0.3) is 0 Å². The van der Waals surface area contributed by atoms with E-state index in [1.54, 1.807) is 16.7 Å². The number of thiazole rings is 2. The van der Waals surface area contributed by atoms with Gasteiger partial charge in [0.1, 0.15) is 16.8 Å². The molecule has 3 atom stereocenters. The van der Waals surface area contributed by atoms with Gasteiger partial charge in [-0.1, -0.05) is 11.6 Å². The maximum Gasteiger partial charge on any atom is 0.410 e. The van der Waals surface area contributed by atoms with E-state index in [4.69, 9.17) is 31.5 Å². The molecule has 0 bridgehead atoms. The molecule has 2 aromatic heterocycles. The number of ether oxygens (including phenoxy) is 3. The van der Waals surface area contributed by atoms with Gasteiger partial charge >= 0.3 is 18.3 Å². The standard InChI is InChI=1S/C12H17ClN2O2S.C12H19N3O2S.C11H19NO3/c2*1-7-9-8(18-10(13)14-9)5-6-15(7)11(16)17-12(2,3)4;1-8-9(13)6-5-7-12(8)10(14)15-11(2,3)4/h7H,5-6H2,1-4H3;7H,5-6H2,1-4H3,(H2,13,14);8H,5-7H2,1-4H3. The van der Waals surface area contributed by atoms with Gasteiger partial charge in [-0.05, 0) is 89.5 Å². The first-order valence-corrected chi connectivity index (χ1v) is 19.3. The molecule has 3 amide bonds. The molecule has 3 aliphatic heterocycles. The number of piperidine rings is 1. The van der Waals surface area contributed by atoms with E-state index in [0.29, 0.717) is 35.7 Å². The minimum Gasteiger partial charge on any atom is -0.444 e. The number of carbonyl (C=O) groups is 4. The smallest absolute Gasteiger partial charge is 0.410 e. The molecule has 5 rings (SSSR count). The van der Waals surface area contributed by atoms with E-state index in [0.717, 1.165) is 30.7 Å². The number of fused-ring (bicyclic) bond motifs is 2. The van der Waals surface area contributed by atoms with Crippen molar-refractivity contribution in [3.63, 3.8) is 0 Å². The number of hydrogen-bond donors (Lipinski definition) is 1. The van der Waals surface area contributed by atoms with Crippen molar-refractivity contribution in [2.24, 2.45) is 0 Å². The molecule has 5 heterocycles. The predicted octanol–water partition coefficient (Wildman–Crippen LogP) is 8.21. The van der Waals surface area contributed by atoms with Crippen LogP contribution in [0.5, 0.6) is 0 Å². The fourth-order valence-electron chi connectivity index (χ4n) is 5.56. The van der Waals surface area contributed by atoms with Gasteiger partial charge in [0.2, 0.25) is 0 Å². The van der Waals surface area contributed by atoms with Crippen LogP contribution < -0.4 is 5.73 Å². The number of rotatable bonds is 0. The van der Waals surface area contributed by atoms with Gasteiger partial charge in [-0.15, -0.1) is 22.7 Å². The molecular formula is C35H55ClN6O7S2. The quantitative estimate of drug-likeness (QED) is 0.259. The maximum atomic E-state index is 12.1. The Labute approximate surface area is 315 Å². The zero-order valence-electron chi connectivity index (χ0n) is 32.0. The fourth-order valence-corrected chi connectivity index (χ4v) is 7.71. The lowest BCUT2D eigenvalue weighted by atomic mass is 10.0. The number of amides is 3. The van der Waals surface area contributed by atoms with Crippen molar-refractivity contribution < 1.29 is 33.4 Å². The number of halogens is 1. The number of nitrogens with zero attached hydrogens (tertiary/aromatic N) is 5. The third kappa shape index (κ3) is 12.2. The van der Waals surface area contributed by atoms with Crippen LogP contribution in [0, 0.1) is 0 Å². The Balaban J connectivity index is 0.000000208. The maximum absolute atomic E-state index is 12.1. The zero-order chi connectivity index (χ0) is 38.6.